The van der Waals surface area contributed by atoms with Gasteiger partial charge in [-0.1, -0.05) is 13.8 Å². The average Bonchev–Trinajstić information content (AvgIpc) is 2.64. The van der Waals surface area contributed by atoms with E-state index in [1.54, 1.807) is 0 Å². The Kier molecular flexibility index (Phi) is 4.70. The second-order valence-corrected chi connectivity index (χ2v) is 3.96. The van der Waals surface area contributed by atoms with Crippen LogP contribution in [0.2, 0.25) is 0 Å². The number of aromatic amines is 1. The third-order valence-corrected chi connectivity index (χ3v) is 2.48. The molecule has 0 fully saturated rings. The normalized spacial score (nSPS) is 13.4. The SMILES string of the molecule is CC(C)C(CO)NCCc1cc[nH]c1. The Morgan fingerprint density at radius 3 is 2.79 bits per heavy atom. The van der Waals surface area contributed by atoms with Gasteiger partial charge in [0.2, 0.25) is 0 Å². The molecule has 3 heteroatoms. The zero-order chi connectivity index (χ0) is 10.4. The number of aliphatic hydroxyl groups is 1. The van der Waals surface area contributed by atoms with E-state index in [0.29, 0.717) is 5.92 Å². The van der Waals surface area contributed by atoms with Crippen LogP contribution >= 0.6 is 0 Å². The molecule has 1 atom stereocenters. The highest BCUT2D eigenvalue weighted by atomic mass is 16.3. The Labute approximate surface area is 85.5 Å². The van der Waals surface area contributed by atoms with Crippen molar-refractivity contribution in [1.82, 2.24) is 10.3 Å². The number of hydrogen-bond donors (Lipinski definition) is 3. The first kappa shape index (κ1) is 11.3. The van der Waals surface area contributed by atoms with Crippen molar-refractivity contribution in [1.29, 1.82) is 0 Å². The molecule has 0 aliphatic rings. The maximum Gasteiger partial charge on any atom is 0.0587 e. The van der Waals surface area contributed by atoms with Gasteiger partial charge in [0.25, 0.3) is 0 Å². The van der Waals surface area contributed by atoms with Gasteiger partial charge in [-0.05, 0) is 30.5 Å². The molecule has 0 aliphatic heterocycles. The highest BCUT2D eigenvalue weighted by Crippen LogP contribution is 2.01. The van der Waals surface area contributed by atoms with Crippen LogP contribution in [0.4, 0.5) is 0 Å². The minimum Gasteiger partial charge on any atom is -0.395 e. The van der Waals surface area contributed by atoms with Crippen molar-refractivity contribution in [3.63, 3.8) is 0 Å². The molecule has 3 N–H and O–H groups in total. The number of hydrogen-bond acceptors (Lipinski definition) is 2. The Balaban J connectivity index is 2.20. The molecule has 0 bridgehead atoms. The van der Waals surface area contributed by atoms with Gasteiger partial charge in [0.15, 0.2) is 0 Å². The molecule has 0 aromatic carbocycles. The highest BCUT2D eigenvalue weighted by Gasteiger charge is 2.10. The third-order valence-electron chi connectivity index (χ3n) is 2.48. The summed E-state index contributed by atoms with van der Waals surface area (Å²) in [7, 11) is 0. The first-order valence-electron chi connectivity index (χ1n) is 5.20. The molecule has 1 unspecified atom stereocenters. The molecule has 3 nitrogen and oxygen atoms in total. The monoisotopic (exact) mass is 196 g/mol. The molecule has 1 rings (SSSR count). The molecule has 1 aromatic rings. The van der Waals surface area contributed by atoms with Gasteiger partial charge in [0, 0.05) is 18.4 Å². The minimum atomic E-state index is 0.213. The van der Waals surface area contributed by atoms with Crippen molar-refractivity contribution in [2.45, 2.75) is 26.3 Å². The van der Waals surface area contributed by atoms with E-state index in [2.05, 4.69) is 30.2 Å². The van der Waals surface area contributed by atoms with E-state index >= 15 is 0 Å². The van der Waals surface area contributed by atoms with Crippen molar-refractivity contribution in [3.8, 4) is 0 Å². The van der Waals surface area contributed by atoms with Gasteiger partial charge >= 0.3 is 0 Å². The maximum absolute atomic E-state index is 9.08. The van der Waals surface area contributed by atoms with Crippen LogP contribution in [-0.2, 0) is 6.42 Å². The topological polar surface area (TPSA) is 48.0 Å². The Hall–Kier alpha value is -0.800. The maximum atomic E-state index is 9.08. The van der Waals surface area contributed by atoms with Gasteiger partial charge in [-0.3, -0.25) is 0 Å². The summed E-state index contributed by atoms with van der Waals surface area (Å²) in [6.45, 7) is 5.36. The predicted octanol–water partition coefficient (Wildman–Crippen LogP) is 1.16. The second-order valence-electron chi connectivity index (χ2n) is 3.96. The summed E-state index contributed by atoms with van der Waals surface area (Å²) in [5, 5.41) is 12.4. The van der Waals surface area contributed by atoms with E-state index in [1.807, 2.05) is 12.4 Å². The smallest absolute Gasteiger partial charge is 0.0587 e. The molecule has 80 valence electrons. The Morgan fingerprint density at radius 2 is 2.29 bits per heavy atom. The highest BCUT2D eigenvalue weighted by molar-refractivity contribution is 5.08. The molecule has 0 saturated heterocycles. The van der Waals surface area contributed by atoms with Crippen LogP contribution in [0, 0.1) is 5.92 Å². The fourth-order valence-corrected chi connectivity index (χ4v) is 1.43. The van der Waals surface area contributed by atoms with E-state index in [0.717, 1.165) is 13.0 Å². The Morgan fingerprint density at radius 1 is 1.50 bits per heavy atom. The van der Waals surface area contributed by atoms with Crippen LogP contribution in [0.25, 0.3) is 0 Å². The van der Waals surface area contributed by atoms with E-state index in [1.165, 1.54) is 5.56 Å². The quantitative estimate of drug-likeness (QED) is 0.639. The Bertz CT molecular complexity index is 231. The van der Waals surface area contributed by atoms with Crippen LogP contribution in [-0.4, -0.2) is 29.3 Å². The molecule has 14 heavy (non-hydrogen) atoms. The van der Waals surface area contributed by atoms with Crippen molar-refractivity contribution in [3.05, 3.63) is 24.0 Å². The summed E-state index contributed by atoms with van der Waals surface area (Å²) in [6.07, 6.45) is 4.94. The summed E-state index contributed by atoms with van der Waals surface area (Å²) in [4.78, 5) is 3.03. The zero-order valence-corrected chi connectivity index (χ0v) is 8.96. The molecule has 1 heterocycles. The van der Waals surface area contributed by atoms with Crippen LogP contribution in [0.3, 0.4) is 0 Å². The largest absolute Gasteiger partial charge is 0.395 e. The third kappa shape index (κ3) is 3.52. The summed E-state index contributed by atoms with van der Waals surface area (Å²) < 4.78 is 0. The van der Waals surface area contributed by atoms with Gasteiger partial charge in [-0.15, -0.1) is 0 Å². The number of nitrogens with one attached hydrogen (secondary N) is 2. The van der Waals surface area contributed by atoms with Crippen LogP contribution in [0.1, 0.15) is 19.4 Å². The van der Waals surface area contributed by atoms with Crippen LogP contribution < -0.4 is 5.32 Å². The predicted molar refractivity (Wildman–Crippen MR) is 58.2 cm³/mol. The lowest BCUT2D eigenvalue weighted by molar-refractivity contribution is 0.212. The molecule has 1 aromatic heterocycles. The molecular formula is C11H20N2O. The minimum absolute atomic E-state index is 0.213. The van der Waals surface area contributed by atoms with Gasteiger partial charge in [0.1, 0.15) is 0 Å². The summed E-state index contributed by atoms with van der Waals surface area (Å²) in [5.41, 5.74) is 1.30. The lowest BCUT2D eigenvalue weighted by atomic mass is 10.1. The summed E-state index contributed by atoms with van der Waals surface area (Å²) >= 11 is 0. The number of H-pyrrole nitrogens is 1. The van der Waals surface area contributed by atoms with Crippen molar-refractivity contribution >= 4 is 0 Å². The van der Waals surface area contributed by atoms with Gasteiger partial charge in [0.05, 0.1) is 6.61 Å². The second kappa shape index (κ2) is 5.83. The molecule has 0 amide bonds. The number of aliphatic hydroxyl groups excluding tert-OH is 1. The fraction of sp³-hybridized carbons (Fsp3) is 0.636. The number of aromatic nitrogens is 1. The standard InChI is InChI=1S/C11H20N2O/c1-9(2)11(8-14)13-6-4-10-3-5-12-7-10/h3,5,7,9,11-14H,4,6,8H2,1-2H3. The van der Waals surface area contributed by atoms with Crippen molar-refractivity contribution in [2.24, 2.45) is 5.92 Å². The van der Waals surface area contributed by atoms with Crippen molar-refractivity contribution in [2.75, 3.05) is 13.2 Å². The van der Waals surface area contributed by atoms with Gasteiger partial charge < -0.3 is 15.4 Å². The van der Waals surface area contributed by atoms with E-state index < -0.39 is 0 Å². The first-order valence-corrected chi connectivity index (χ1v) is 5.20. The molecule has 0 spiro atoms. The molecule has 0 radical (unpaired) electrons. The summed E-state index contributed by atoms with van der Waals surface area (Å²) in [5.74, 6) is 0.478. The summed E-state index contributed by atoms with van der Waals surface area (Å²) in [6, 6.07) is 2.29. The average molecular weight is 196 g/mol. The van der Waals surface area contributed by atoms with E-state index in [9.17, 15) is 0 Å². The first-order chi connectivity index (χ1) is 6.74. The van der Waals surface area contributed by atoms with Crippen molar-refractivity contribution < 1.29 is 5.11 Å². The van der Waals surface area contributed by atoms with Crippen LogP contribution in [0.5, 0.6) is 0 Å². The molecular weight excluding hydrogens is 176 g/mol. The van der Waals surface area contributed by atoms with E-state index in [4.69, 9.17) is 5.11 Å². The fourth-order valence-electron chi connectivity index (χ4n) is 1.43. The molecule has 0 saturated carbocycles. The lowest BCUT2D eigenvalue weighted by Crippen LogP contribution is -2.38. The van der Waals surface area contributed by atoms with Crippen LogP contribution in [0.15, 0.2) is 18.5 Å². The number of rotatable bonds is 6. The van der Waals surface area contributed by atoms with Gasteiger partial charge in [-0.25, -0.2) is 0 Å². The zero-order valence-electron chi connectivity index (χ0n) is 8.96. The molecule has 0 aliphatic carbocycles. The van der Waals surface area contributed by atoms with E-state index in [-0.39, 0.29) is 12.6 Å². The van der Waals surface area contributed by atoms with Gasteiger partial charge in [-0.2, -0.15) is 0 Å². The lowest BCUT2D eigenvalue weighted by Gasteiger charge is -2.19.